The number of hydrogen-bond acceptors (Lipinski definition) is 6. The van der Waals surface area contributed by atoms with Gasteiger partial charge in [0, 0.05) is 35.6 Å². The minimum Gasteiger partial charge on any atom is -0.431 e. The molecule has 0 saturated carbocycles. The first-order chi connectivity index (χ1) is 13.2. The first-order valence-electron chi connectivity index (χ1n) is 8.59. The number of carbonyl (C=O) groups is 1. The van der Waals surface area contributed by atoms with Gasteiger partial charge in [0.25, 0.3) is 5.22 Å². The fourth-order valence-corrected chi connectivity index (χ4v) is 3.64. The van der Waals surface area contributed by atoms with Crippen LogP contribution in [0.2, 0.25) is 5.02 Å². The number of thioether (sulfide) groups is 1. The van der Waals surface area contributed by atoms with Crippen molar-refractivity contribution in [3.63, 3.8) is 0 Å². The Kier molecular flexibility index (Phi) is 5.52. The number of oxazole rings is 1. The maximum atomic E-state index is 12.2. The molecule has 1 aliphatic heterocycles. The minimum absolute atomic E-state index is 0.112. The lowest BCUT2D eigenvalue weighted by Crippen LogP contribution is -2.36. The Bertz CT molecular complexity index is 939. The highest BCUT2D eigenvalue weighted by Gasteiger charge is 2.12. The number of morpholine rings is 1. The van der Waals surface area contributed by atoms with E-state index in [-0.39, 0.29) is 11.7 Å². The molecule has 1 N–H and O–H groups in total. The van der Waals surface area contributed by atoms with Crippen molar-refractivity contribution in [1.29, 1.82) is 0 Å². The summed E-state index contributed by atoms with van der Waals surface area (Å²) in [6.07, 6.45) is 0. The molecule has 6 nitrogen and oxygen atoms in total. The van der Waals surface area contributed by atoms with Gasteiger partial charge in [-0.1, -0.05) is 23.4 Å². The van der Waals surface area contributed by atoms with Crippen LogP contribution in [0.1, 0.15) is 0 Å². The van der Waals surface area contributed by atoms with Gasteiger partial charge in [-0.2, -0.15) is 0 Å². The van der Waals surface area contributed by atoms with Crippen LogP contribution in [0, 0.1) is 0 Å². The number of aromatic nitrogens is 1. The van der Waals surface area contributed by atoms with E-state index in [0.29, 0.717) is 15.8 Å². The third-order valence-corrected chi connectivity index (χ3v) is 5.25. The van der Waals surface area contributed by atoms with Crippen LogP contribution < -0.4 is 10.2 Å². The van der Waals surface area contributed by atoms with Crippen molar-refractivity contribution < 1.29 is 13.9 Å². The molecule has 1 aliphatic rings. The zero-order valence-electron chi connectivity index (χ0n) is 14.5. The lowest BCUT2D eigenvalue weighted by atomic mass is 10.2. The van der Waals surface area contributed by atoms with Gasteiger partial charge in [-0.25, -0.2) is 4.98 Å². The Morgan fingerprint density at radius 2 is 1.96 bits per heavy atom. The van der Waals surface area contributed by atoms with Crippen molar-refractivity contribution in [3.8, 4) is 0 Å². The Morgan fingerprint density at radius 3 is 2.74 bits per heavy atom. The summed E-state index contributed by atoms with van der Waals surface area (Å²) in [6, 6.07) is 13.1. The molecule has 2 aromatic carbocycles. The molecule has 4 rings (SSSR count). The maximum absolute atomic E-state index is 12.2. The number of benzene rings is 2. The molecule has 8 heteroatoms. The van der Waals surface area contributed by atoms with Gasteiger partial charge >= 0.3 is 0 Å². The maximum Gasteiger partial charge on any atom is 0.257 e. The van der Waals surface area contributed by atoms with Crippen LogP contribution >= 0.6 is 23.4 Å². The molecule has 0 bridgehead atoms. The summed E-state index contributed by atoms with van der Waals surface area (Å²) in [7, 11) is 0. The van der Waals surface area contributed by atoms with Crippen LogP contribution in [0.15, 0.2) is 52.1 Å². The predicted molar refractivity (Wildman–Crippen MR) is 108 cm³/mol. The van der Waals surface area contributed by atoms with Gasteiger partial charge in [0.15, 0.2) is 5.58 Å². The van der Waals surface area contributed by atoms with E-state index in [0.717, 1.165) is 43.2 Å². The van der Waals surface area contributed by atoms with Gasteiger partial charge < -0.3 is 19.4 Å². The molecule has 140 valence electrons. The molecule has 1 aromatic heterocycles. The van der Waals surface area contributed by atoms with E-state index in [4.69, 9.17) is 20.8 Å². The van der Waals surface area contributed by atoms with E-state index in [9.17, 15) is 4.79 Å². The topological polar surface area (TPSA) is 67.6 Å². The normalized spacial score (nSPS) is 14.5. The van der Waals surface area contributed by atoms with Gasteiger partial charge in [-0.3, -0.25) is 4.79 Å². The van der Waals surface area contributed by atoms with Gasteiger partial charge in [-0.15, -0.1) is 0 Å². The Balaban J connectivity index is 1.31. The molecule has 1 fully saturated rings. The fraction of sp³-hybridized carbons (Fsp3) is 0.263. The quantitative estimate of drug-likeness (QED) is 0.648. The monoisotopic (exact) mass is 403 g/mol. The summed E-state index contributed by atoms with van der Waals surface area (Å²) in [6.45, 7) is 3.27. The summed E-state index contributed by atoms with van der Waals surface area (Å²) in [5.74, 6) is 0.102. The Labute approximate surface area is 165 Å². The van der Waals surface area contributed by atoms with E-state index in [1.54, 1.807) is 18.2 Å². The summed E-state index contributed by atoms with van der Waals surface area (Å²) in [5.41, 5.74) is 3.24. The van der Waals surface area contributed by atoms with Crippen molar-refractivity contribution in [3.05, 3.63) is 47.5 Å². The van der Waals surface area contributed by atoms with Crippen molar-refractivity contribution in [2.75, 3.05) is 42.3 Å². The largest absolute Gasteiger partial charge is 0.431 e. The summed E-state index contributed by atoms with van der Waals surface area (Å²) in [5, 5.41) is 3.93. The van der Waals surface area contributed by atoms with Crippen molar-refractivity contribution in [2.45, 2.75) is 5.22 Å². The SMILES string of the molecule is O=C(CSc1nc2ccc(Cl)cc2o1)Nc1ccc(N2CCOCC2)cc1. The fourth-order valence-electron chi connectivity index (χ4n) is 2.84. The van der Waals surface area contributed by atoms with Crippen LogP contribution in [-0.4, -0.2) is 42.9 Å². The van der Waals surface area contributed by atoms with E-state index in [2.05, 4.69) is 15.2 Å². The lowest BCUT2D eigenvalue weighted by Gasteiger charge is -2.28. The highest BCUT2D eigenvalue weighted by molar-refractivity contribution is 7.99. The van der Waals surface area contributed by atoms with Crippen LogP contribution in [0.3, 0.4) is 0 Å². The molecule has 0 unspecified atom stereocenters. The smallest absolute Gasteiger partial charge is 0.257 e. The average Bonchev–Trinajstić information content (AvgIpc) is 3.10. The van der Waals surface area contributed by atoms with Crippen LogP contribution in [0.25, 0.3) is 11.1 Å². The zero-order valence-corrected chi connectivity index (χ0v) is 16.1. The highest BCUT2D eigenvalue weighted by Crippen LogP contribution is 2.26. The first-order valence-corrected chi connectivity index (χ1v) is 9.95. The molecular formula is C19H18ClN3O3S. The lowest BCUT2D eigenvalue weighted by molar-refractivity contribution is -0.113. The van der Waals surface area contributed by atoms with Crippen LogP contribution in [0.4, 0.5) is 11.4 Å². The molecule has 0 aliphatic carbocycles. The number of carbonyl (C=O) groups excluding carboxylic acids is 1. The van der Waals surface area contributed by atoms with E-state index < -0.39 is 0 Å². The average molecular weight is 404 g/mol. The van der Waals surface area contributed by atoms with Crippen LogP contribution in [-0.2, 0) is 9.53 Å². The molecule has 0 spiro atoms. The molecular weight excluding hydrogens is 386 g/mol. The van der Waals surface area contributed by atoms with Gasteiger partial charge in [0.2, 0.25) is 5.91 Å². The van der Waals surface area contributed by atoms with Crippen LogP contribution in [0.5, 0.6) is 0 Å². The molecule has 1 amide bonds. The number of fused-ring (bicyclic) bond motifs is 1. The van der Waals surface area contributed by atoms with E-state index in [1.807, 2.05) is 24.3 Å². The second-order valence-electron chi connectivity index (χ2n) is 6.07. The standard InChI is InChI=1S/C19H18ClN3O3S/c20-13-1-6-16-17(11-13)26-19(22-16)27-12-18(24)21-14-2-4-15(5-3-14)23-7-9-25-10-8-23/h1-6,11H,7-10,12H2,(H,21,24). The third kappa shape index (κ3) is 4.55. The van der Waals surface area contributed by atoms with Crippen molar-refractivity contribution in [2.24, 2.45) is 0 Å². The highest BCUT2D eigenvalue weighted by atomic mass is 35.5. The molecule has 27 heavy (non-hydrogen) atoms. The van der Waals surface area contributed by atoms with Crippen molar-refractivity contribution in [1.82, 2.24) is 4.98 Å². The number of hydrogen-bond donors (Lipinski definition) is 1. The van der Waals surface area contributed by atoms with Gasteiger partial charge in [-0.05, 0) is 36.4 Å². The molecule has 3 aromatic rings. The van der Waals surface area contributed by atoms with Gasteiger partial charge in [0.1, 0.15) is 5.52 Å². The predicted octanol–water partition coefficient (Wildman–Crippen LogP) is 4.05. The molecule has 2 heterocycles. The van der Waals surface area contributed by atoms with E-state index in [1.165, 1.54) is 11.8 Å². The van der Waals surface area contributed by atoms with E-state index >= 15 is 0 Å². The third-order valence-electron chi connectivity index (χ3n) is 4.18. The minimum atomic E-state index is -0.112. The summed E-state index contributed by atoms with van der Waals surface area (Å²) < 4.78 is 11.0. The second-order valence-corrected chi connectivity index (χ2v) is 7.44. The number of halogens is 1. The van der Waals surface area contributed by atoms with Gasteiger partial charge in [0.05, 0.1) is 19.0 Å². The number of ether oxygens (including phenoxy) is 1. The first kappa shape index (κ1) is 18.2. The number of nitrogens with zero attached hydrogens (tertiary/aromatic N) is 2. The second kappa shape index (κ2) is 8.21. The molecule has 1 saturated heterocycles. The van der Waals surface area contributed by atoms with Crippen molar-refractivity contribution >= 4 is 51.7 Å². The number of amides is 1. The summed E-state index contributed by atoms with van der Waals surface area (Å²) in [4.78, 5) is 18.8. The summed E-state index contributed by atoms with van der Waals surface area (Å²) >= 11 is 7.19. The number of rotatable bonds is 5. The number of nitrogens with one attached hydrogen (secondary N) is 1. The number of anilines is 2. The Hall–Kier alpha value is -2.22. The Morgan fingerprint density at radius 1 is 1.19 bits per heavy atom. The molecule has 0 atom stereocenters. The molecule has 0 radical (unpaired) electrons. The zero-order chi connectivity index (χ0) is 18.6.